The molecule has 1 aliphatic rings. The van der Waals surface area contributed by atoms with Crippen molar-refractivity contribution in [3.05, 3.63) is 35.9 Å². The Kier molecular flexibility index (Phi) is 4.98. The summed E-state index contributed by atoms with van der Waals surface area (Å²) in [5.41, 5.74) is 0.981. The standard InChI is InChI=1S/C15H20N2O2/c1-2-19-14-5-3-4-13(12-14)6-7-15(18)17-10-8-16-9-11-17/h3-7,12,16H,2,8-11H2,1H3/b7-6+. The number of nitrogens with one attached hydrogen (secondary N) is 1. The highest BCUT2D eigenvalue weighted by Crippen LogP contribution is 2.14. The van der Waals surface area contributed by atoms with Crippen LogP contribution in [-0.4, -0.2) is 43.6 Å². The van der Waals surface area contributed by atoms with E-state index < -0.39 is 0 Å². The Bertz CT molecular complexity index is 451. The van der Waals surface area contributed by atoms with Crippen LogP contribution in [0.15, 0.2) is 30.3 Å². The van der Waals surface area contributed by atoms with Crippen molar-refractivity contribution < 1.29 is 9.53 Å². The number of carbonyl (C=O) groups is 1. The molecule has 1 N–H and O–H groups in total. The van der Waals surface area contributed by atoms with Crippen LogP contribution in [0.3, 0.4) is 0 Å². The SMILES string of the molecule is CCOc1cccc(/C=C/C(=O)N2CCNCC2)c1. The van der Waals surface area contributed by atoms with Crippen LogP contribution in [0.25, 0.3) is 6.08 Å². The van der Waals surface area contributed by atoms with Crippen molar-refractivity contribution in [3.8, 4) is 5.75 Å². The highest BCUT2D eigenvalue weighted by Gasteiger charge is 2.12. The molecule has 1 saturated heterocycles. The Labute approximate surface area is 114 Å². The van der Waals surface area contributed by atoms with Crippen LogP contribution in [0.2, 0.25) is 0 Å². The van der Waals surface area contributed by atoms with E-state index in [4.69, 9.17) is 4.74 Å². The monoisotopic (exact) mass is 260 g/mol. The van der Waals surface area contributed by atoms with Crippen molar-refractivity contribution in [3.63, 3.8) is 0 Å². The smallest absolute Gasteiger partial charge is 0.246 e. The van der Waals surface area contributed by atoms with Gasteiger partial charge in [-0.15, -0.1) is 0 Å². The molecule has 0 aromatic heterocycles. The predicted molar refractivity (Wildman–Crippen MR) is 76.1 cm³/mol. The number of hydrogen-bond donors (Lipinski definition) is 1. The molecule has 1 aliphatic heterocycles. The Morgan fingerprint density at radius 2 is 2.21 bits per heavy atom. The minimum Gasteiger partial charge on any atom is -0.494 e. The largest absolute Gasteiger partial charge is 0.494 e. The summed E-state index contributed by atoms with van der Waals surface area (Å²) < 4.78 is 5.43. The van der Waals surface area contributed by atoms with Gasteiger partial charge in [-0.05, 0) is 30.7 Å². The van der Waals surface area contributed by atoms with Gasteiger partial charge in [0.05, 0.1) is 6.61 Å². The van der Waals surface area contributed by atoms with Crippen molar-refractivity contribution in [1.29, 1.82) is 0 Å². The minimum absolute atomic E-state index is 0.0725. The summed E-state index contributed by atoms with van der Waals surface area (Å²) in [5.74, 6) is 0.905. The second kappa shape index (κ2) is 6.95. The Hall–Kier alpha value is -1.81. The average molecular weight is 260 g/mol. The first kappa shape index (κ1) is 13.6. The zero-order valence-electron chi connectivity index (χ0n) is 11.3. The van der Waals surface area contributed by atoms with Gasteiger partial charge in [-0.1, -0.05) is 12.1 Å². The van der Waals surface area contributed by atoms with Crippen molar-refractivity contribution >= 4 is 12.0 Å². The number of rotatable bonds is 4. The van der Waals surface area contributed by atoms with Crippen molar-refractivity contribution in [2.75, 3.05) is 32.8 Å². The normalized spacial score (nSPS) is 15.7. The first-order valence-electron chi connectivity index (χ1n) is 6.70. The molecule has 2 rings (SSSR count). The topological polar surface area (TPSA) is 41.6 Å². The molecule has 0 unspecified atom stereocenters. The number of nitrogens with zero attached hydrogens (tertiary/aromatic N) is 1. The van der Waals surface area contributed by atoms with Crippen LogP contribution >= 0.6 is 0 Å². The van der Waals surface area contributed by atoms with E-state index in [1.54, 1.807) is 6.08 Å². The van der Waals surface area contributed by atoms with Crippen LogP contribution in [0, 0.1) is 0 Å². The first-order valence-corrected chi connectivity index (χ1v) is 6.70. The Balaban J connectivity index is 1.97. The number of piperazine rings is 1. The van der Waals surface area contributed by atoms with Gasteiger partial charge in [0.15, 0.2) is 0 Å². The molecule has 1 aromatic carbocycles. The fourth-order valence-electron chi connectivity index (χ4n) is 2.03. The van der Waals surface area contributed by atoms with E-state index in [9.17, 15) is 4.79 Å². The molecular formula is C15H20N2O2. The summed E-state index contributed by atoms with van der Waals surface area (Å²) in [6, 6.07) is 7.74. The molecule has 4 heteroatoms. The summed E-state index contributed by atoms with van der Waals surface area (Å²) in [4.78, 5) is 13.8. The van der Waals surface area contributed by atoms with Gasteiger partial charge in [0.2, 0.25) is 5.91 Å². The van der Waals surface area contributed by atoms with E-state index >= 15 is 0 Å². The number of ether oxygens (including phenoxy) is 1. The average Bonchev–Trinajstić information content (AvgIpc) is 2.46. The quantitative estimate of drug-likeness (QED) is 0.835. The maximum absolute atomic E-state index is 12.0. The van der Waals surface area contributed by atoms with Gasteiger partial charge < -0.3 is 15.0 Å². The minimum atomic E-state index is 0.0725. The molecule has 1 fully saturated rings. The zero-order valence-corrected chi connectivity index (χ0v) is 11.3. The summed E-state index contributed by atoms with van der Waals surface area (Å²) in [6.07, 6.45) is 3.48. The summed E-state index contributed by atoms with van der Waals surface area (Å²) in [6.45, 7) is 5.91. The van der Waals surface area contributed by atoms with E-state index in [-0.39, 0.29) is 5.91 Å². The zero-order chi connectivity index (χ0) is 13.5. The lowest BCUT2D eigenvalue weighted by Gasteiger charge is -2.26. The van der Waals surface area contributed by atoms with Crippen molar-refractivity contribution in [1.82, 2.24) is 10.2 Å². The van der Waals surface area contributed by atoms with Gasteiger partial charge in [-0.3, -0.25) is 4.79 Å². The number of carbonyl (C=O) groups excluding carboxylic acids is 1. The third-order valence-electron chi connectivity index (χ3n) is 3.02. The van der Waals surface area contributed by atoms with Crippen LogP contribution in [0.1, 0.15) is 12.5 Å². The third kappa shape index (κ3) is 4.10. The highest BCUT2D eigenvalue weighted by molar-refractivity contribution is 5.91. The summed E-state index contributed by atoms with van der Waals surface area (Å²) >= 11 is 0. The molecule has 19 heavy (non-hydrogen) atoms. The maximum atomic E-state index is 12.0. The molecule has 0 aliphatic carbocycles. The predicted octanol–water partition coefficient (Wildman–Crippen LogP) is 1.53. The van der Waals surface area contributed by atoms with E-state index in [0.717, 1.165) is 37.5 Å². The molecule has 1 heterocycles. The fraction of sp³-hybridized carbons (Fsp3) is 0.400. The van der Waals surface area contributed by atoms with E-state index in [2.05, 4.69) is 5.32 Å². The number of amides is 1. The Morgan fingerprint density at radius 3 is 2.95 bits per heavy atom. The second-order valence-electron chi connectivity index (χ2n) is 4.41. The van der Waals surface area contributed by atoms with Crippen LogP contribution in [0.5, 0.6) is 5.75 Å². The van der Waals surface area contributed by atoms with E-state index in [0.29, 0.717) is 6.61 Å². The lowest BCUT2D eigenvalue weighted by Crippen LogP contribution is -2.45. The lowest BCUT2D eigenvalue weighted by molar-refractivity contribution is -0.126. The van der Waals surface area contributed by atoms with E-state index in [1.165, 1.54) is 0 Å². The van der Waals surface area contributed by atoms with Gasteiger partial charge in [0, 0.05) is 32.3 Å². The molecule has 0 spiro atoms. The first-order chi connectivity index (χ1) is 9.29. The van der Waals surface area contributed by atoms with Gasteiger partial charge in [-0.25, -0.2) is 0 Å². The van der Waals surface area contributed by atoms with Crippen LogP contribution in [-0.2, 0) is 4.79 Å². The van der Waals surface area contributed by atoms with Crippen molar-refractivity contribution in [2.45, 2.75) is 6.92 Å². The lowest BCUT2D eigenvalue weighted by atomic mass is 10.2. The fourth-order valence-corrected chi connectivity index (χ4v) is 2.03. The van der Waals surface area contributed by atoms with Gasteiger partial charge in [0.1, 0.15) is 5.75 Å². The molecular weight excluding hydrogens is 240 g/mol. The van der Waals surface area contributed by atoms with Gasteiger partial charge in [0.25, 0.3) is 0 Å². The Morgan fingerprint density at radius 1 is 1.42 bits per heavy atom. The molecule has 0 atom stereocenters. The number of hydrogen-bond acceptors (Lipinski definition) is 3. The molecule has 0 bridgehead atoms. The molecule has 0 radical (unpaired) electrons. The summed E-state index contributed by atoms with van der Waals surface area (Å²) in [7, 11) is 0. The summed E-state index contributed by atoms with van der Waals surface area (Å²) in [5, 5.41) is 3.23. The van der Waals surface area contributed by atoms with Crippen LogP contribution < -0.4 is 10.1 Å². The van der Waals surface area contributed by atoms with Gasteiger partial charge in [-0.2, -0.15) is 0 Å². The highest BCUT2D eigenvalue weighted by atomic mass is 16.5. The van der Waals surface area contributed by atoms with Gasteiger partial charge >= 0.3 is 0 Å². The molecule has 1 amide bonds. The maximum Gasteiger partial charge on any atom is 0.246 e. The van der Waals surface area contributed by atoms with Crippen LogP contribution in [0.4, 0.5) is 0 Å². The number of benzene rings is 1. The van der Waals surface area contributed by atoms with Crippen molar-refractivity contribution in [2.24, 2.45) is 0 Å². The molecule has 0 saturated carbocycles. The van der Waals surface area contributed by atoms with E-state index in [1.807, 2.05) is 42.2 Å². The second-order valence-corrected chi connectivity index (χ2v) is 4.41. The molecule has 102 valence electrons. The molecule has 4 nitrogen and oxygen atoms in total. The third-order valence-corrected chi connectivity index (χ3v) is 3.02. The molecule has 1 aromatic rings.